The molecule has 0 atom stereocenters. The van der Waals surface area contributed by atoms with Crippen molar-refractivity contribution in [3.63, 3.8) is 0 Å². The summed E-state index contributed by atoms with van der Waals surface area (Å²) in [5, 5.41) is 6.69. The van der Waals surface area contributed by atoms with Gasteiger partial charge >= 0.3 is 5.91 Å². The van der Waals surface area contributed by atoms with Crippen molar-refractivity contribution >= 4 is 51.2 Å². The van der Waals surface area contributed by atoms with Gasteiger partial charge in [-0.25, -0.2) is 9.82 Å². The molecule has 248 valence electrons. The lowest BCUT2D eigenvalue weighted by Crippen LogP contribution is -2.20. The first-order valence-electron chi connectivity index (χ1n) is 14.8. The first-order chi connectivity index (χ1) is 23.1. The van der Waals surface area contributed by atoms with Gasteiger partial charge in [0.25, 0.3) is 5.91 Å². The zero-order valence-corrected chi connectivity index (χ0v) is 28.5. The average Bonchev–Trinajstić information content (AvgIpc) is 3.68. The van der Waals surface area contributed by atoms with Gasteiger partial charge in [-0.15, -0.1) is 0 Å². The molecular formula is C35H31BrClFN4O6. The SMILES string of the molecule is CCOc1cc(/C=N/NC(=O)c2ccc(COc3ccc(-n4c(C)ccc4C)cc3)o2)c(Br)c(Cl)c1OCC(=O)Nc1cccc(F)c1. The summed E-state index contributed by atoms with van der Waals surface area (Å²) < 4.78 is 38.8. The van der Waals surface area contributed by atoms with E-state index in [2.05, 4.69) is 62.3 Å². The molecule has 0 unspecified atom stereocenters. The number of furan rings is 1. The molecule has 0 aliphatic rings. The molecule has 2 heterocycles. The van der Waals surface area contributed by atoms with E-state index < -0.39 is 24.2 Å². The summed E-state index contributed by atoms with van der Waals surface area (Å²) >= 11 is 9.96. The van der Waals surface area contributed by atoms with Gasteiger partial charge in [0.1, 0.15) is 29.0 Å². The Morgan fingerprint density at radius 3 is 2.46 bits per heavy atom. The fraction of sp³-hybridized carbons (Fsp3) is 0.171. The number of anilines is 1. The van der Waals surface area contributed by atoms with Crippen molar-refractivity contribution in [3.05, 3.63) is 123 Å². The molecule has 2 amide bonds. The molecule has 10 nitrogen and oxygen atoms in total. The lowest BCUT2D eigenvalue weighted by atomic mass is 10.2. The molecule has 0 saturated heterocycles. The molecule has 0 bridgehead atoms. The fourth-order valence-corrected chi connectivity index (χ4v) is 5.37. The van der Waals surface area contributed by atoms with E-state index in [1.165, 1.54) is 30.5 Å². The summed E-state index contributed by atoms with van der Waals surface area (Å²) in [5.41, 5.74) is 6.49. The van der Waals surface area contributed by atoms with Crippen molar-refractivity contribution in [1.82, 2.24) is 9.99 Å². The molecule has 0 aliphatic carbocycles. The number of halogens is 3. The van der Waals surface area contributed by atoms with E-state index in [-0.39, 0.29) is 41.2 Å². The van der Waals surface area contributed by atoms with E-state index in [9.17, 15) is 14.0 Å². The molecule has 3 aromatic carbocycles. The molecule has 0 saturated carbocycles. The standard InChI is InChI=1S/C35H31BrClFN4O6/c1-4-45-30-16-23(32(36)33(37)34(30)47-20-31(43)40-25-7-5-6-24(38)17-25)18-39-41-35(44)29-15-14-28(48-29)19-46-27-12-10-26(11-13-27)42-21(2)8-9-22(42)3/h5-18H,4,19-20H2,1-3H3,(H,40,43)(H,41,44)/b39-18+. The number of nitrogens with one attached hydrogen (secondary N) is 2. The number of benzene rings is 3. The number of amides is 2. The van der Waals surface area contributed by atoms with Crippen molar-refractivity contribution in [1.29, 1.82) is 0 Å². The summed E-state index contributed by atoms with van der Waals surface area (Å²) in [5.74, 6) is -0.0471. The Hall–Kier alpha value is -5.07. The van der Waals surface area contributed by atoms with E-state index in [0.717, 1.165) is 17.1 Å². The number of hydrogen-bond donors (Lipinski definition) is 2. The molecule has 0 spiro atoms. The lowest BCUT2D eigenvalue weighted by Gasteiger charge is -2.16. The number of aromatic nitrogens is 1. The van der Waals surface area contributed by atoms with Crippen molar-refractivity contribution in [2.75, 3.05) is 18.5 Å². The van der Waals surface area contributed by atoms with Crippen molar-refractivity contribution in [2.45, 2.75) is 27.4 Å². The van der Waals surface area contributed by atoms with Crippen LogP contribution in [0.15, 0.2) is 92.9 Å². The quantitative estimate of drug-likeness (QED) is 0.0935. The Balaban J connectivity index is 1.17. The first kappa shape index (κ1) is 34.3. The number of rotatable bonds is 13. The van der Waals surface area contributed by atoms with E-state index in [0.29, 0.717) is 21.5 Å². The molecule has 5 aromatic rings. The number of ether oxygens (including phenoxy) is 3. The summed E-state index contributed by atoms with van der Waals surface area (Å²) in [6.45, 7) is 5.87. The third kappa shape index (κ3) is 8.44. The Labute approximate surface area is 289 Å². The van der Waals surface area contributed by atoms with Crippen LogP contribution in [0.4, 0.5) is 10.1 Å². The van der Waals surface area contributed by atoms with Gasteiger partial charge in [0.05, 0.1) is 12.8 Å². The molecule has 2 N–H and O–H groups in total. The highest BCUT2D eigenvalue weighted by molar-refractivity contribution is 9.10. The Morgan fingerprint density at radius 2 is 1.75 bits per heavy atom. The molecule has 0 radical (unpaired) electrons. The van der Waals surface area contributed by atoms with Crippen LogP contribution in [-0.2, 0) is 11.4 Å². The van der Waals surface area contributed by atoms with E-state index >= 15 is 0 Å². The zero-order valence-electron chi connectivity index (χ0n) is 26.2. The van der Waals surface area contributed by atoms with Crippen molar-refractivity contribution in [3.8, 4) is 22.9 Å². The van der Waals surface area contributed by atoms with Crippen molar-refractivity contribution < 1.29 is 32.6 Å². The second-order valence-electron chi connectivity index (χ2n) is 10.4. The van der Waals surface area contributed by atoms with Crippen LogP contribution in [0.2, 0.25) is 5.02 Å². The normalized spacial score (nSPS) is 11.0. The van der Waals surface area contributed by atoms with Gasteiger partial charge in [0.15, 0.2) is 23.9 Å². The van der Waals surface area contributed by atoms with Crippen LogP contribution >= 0.6 is 27.5 Å². The van der Waals surface area contributed by atoms with Crippen molar-refractivity contribution in [2.24, 2.45) is 5.10 Å². The van der Waals surface area contributed by atoms with Crippen LogP contribution in [-0.4, -0.2) is 35.8 Å². The highest BCUT2D eigenvalue weighted by atomic mass is 79.9. The smallest absolute Gasteiger partial charge is 0.307 e. The largest absolute Gasteiger partial charge is 0.490 e. The van der Waals surface area contributed by atoms with E-state index in [1.54, 1.807) is 25.1 Å². The third-order valence-corrected chi connectivity index (χ3v) is 8.36. The molecule has 48 heavy (non-hydrogen) atoms. The maximum absolute atomic E-state index is 13.4. The van der Waals surface area contributed by atoms with E-state index in [1.807, 2.05) is 24.3 Å². The molecule has 0 aliphatic heterocycles. The molecule has 0 fully saturated rings. The summed E-state index contributed by atoms with van der Waals surface area (Å²) in [6, 6.07) is 22.1. The van der Waals surface area contributed by atoms with Crippen LogP contribution in [0.3, 0.4) is 0 Å². The molecular weight excluding hydrogens is 707 g/mol. The second kappa shape index (κ2) is 15.7. The van der Waals surface area contributed by atoms with E-state index in [4.69, 9.17) is 30.2 Å². The molecule has 13 heteroatoms. The highest BCUT2D eigenvalue weighted by Crippen LogP contribution is 2.42. The van der Waals surface area contributed by atoms with Gasteiger partial charge < -0.3 is 28.5 Å². The maximum atomic E-state index is 13.4. The average molecular weight is 738 g/mol. The minimum Gasteiger partial charge on any atom is -0.490 e. The monoisotopic (exact) mass is 736 g/mol. The van der Waals surface area contributed by atoms with Crippen LogP contribution in [0.1, 0.15) is 40.2 Å². The zero-order chi connectivity index (χ0) is 34.2. The Kier molecular flexibility index (Phi) is 11.2. The van der Waals surface area contributed by atoms with Gasteiger partial charge in [-0.3, -0.25) is 9.59 Å². The number of hydrogen-bond acceptors (Lipinski definition) is 7. The Morgan fingerprint density at radius 1 is 1.00 bits per heavy atom. The predicted molar refractivity (Wildman–Crippen MR) is 184 cm³/mol. The number of aryl methyl sites for hydroxylation is 2. The Bertz CT molecular complexity index is 1940. The third-order valence-electron chi connectivity index (χ3n) is 6.91. The number of carbonyl (C=O) groups excluding carboxylic acids is 2. The van der Waals surface area contributed by atoms with Crippen LogP contribution < -0.4 is 25.0 Å². The minimum atomic E-state index is -0.573. The van der Waals surface area contributed by atoms with Crippen LogP contribution in [0, 0.1) is 19.7 Å². The summed E-state index contributed by atoms with van der Waals surface area (Å²) in [4.78, 5) is 25.1. The topological polar surface area (TPSA) is 116 Å². The van der Waals surface area contributed by atoms with Gasteiger partial charge in [-0.1, -0.05) is 17.7 Å². The molecule has 2 aromatic heterocycles. The molecule has 5 rings (SSSR count). The predicted octanol–water partition coefficient (Wildman–Crippen LogP) is 8.00. The summed E-state index contributed by atoms with van der Waals surface area (Å²) in [6.07, 6.45) is 1.37. The number of carbonyl (C=O) groups is 2. The lowest BCUT2D eigenvalue weighted by molar-refractivity contribution is -0.118. The number of nitrogens with zero attached hydrogens (tertiary/aromatic N) is 2. The van der Waals surface area contributed by atoms with Crippen LogP contribution in [0.5, 0.6) is 17.2 Å². The minimum absolute atomic E-state index is 0.0482. The second-order valence-corrected chi connectivity index (χ2v) is 11.6. The van der Waals surface area contributed by atoms with Gasteiger partial charge in [0.2, 0.25) is 0 Å². The fourth-order valence-electron chi connectivity index (χ4n) is 4.71. The van der Waals surface area contributed by atoms with Crippen LogP contribution in [0.25, 0.3) is 5.69 Å². The maximum Gasteiger partial charge on any atom is 0.307 e. The summed E-state index contributed by atoms with van der Waals surface area (Å²) in [7, 11) is 0. The van der Waals surface area contributed by atoms with Gasteiger partial charge in [0, 0.05) is 32.8 Å². The number of hydrazone groups is 1. The first-order valence-corrected chi connectivity index (χ1v) is 15.9. The van der Waals surface area contributed by atoms with Gasteiger partial charge in [-0.05, 0) is 109 Å². The highest BCUT2D eigenvalue weighted by Gasteiger charge is 2.19. The van der Waals surface area contributed by atoms with Gasteiger partial charge in [-0.2, -0.15) is 5.10 Å².